The van der Waals surface area contributed by atoms with Crippen molar-refractivity contribution >= 4 is 28.0 Å². The largest absolute Gasteiger partial charge is 0.492 e. The lowest BCUT2D eigenvalue weighted by Gasteiger charge is -2.32. The highest BCUT2D eigenvalue weighted by Crippen LogP contribution is 2.16. The number of aliphatic imine (C=N–C) groups is 1. The topological polar surface area (TPSA) is 75.2 Å². The first-order chi connectivity index (χ1) is 13.1. The van der Waals surface area contributed by atoms with Crippen molar-refractivity contribution in [2.75, 3.05) is 39.4 Å². The lowest BCUT2D eigenvalue weighted by molar-refractivity contribution is 0.0963. The molecule has 0 radical (unpaired) electrons. The number of guanidine groups is 1. The molecular weight excluding hydrogens is 412 g/mol. The summed E-state index contributed by atoms with van der Waals surface area (Å²) in [4.78, 5) is 18.1. The predicted molar refractivity (Wildman–Crippen MR) is 110 cm³/mol. The van der Waals surface area contributed by atoms with Crippen molar-refractivity contribution in [3.05, 3.63) is 28.7 Å². The number of piperidine rings is 1. The van der Waals surface area contributed by atoms with Crippen LogP contribution in [0.3, 0.4) is 0 Å². The van der Waals surface area contributed by atoms with E-state index in [0.29, 0.717) is 38.9 Å². The Kier molecular flexibility index (Phi) is 9.24. The molecule has 0 spiro atoms. The van der Waals surface area contributed by atoms with Crippen molar-refractivity contribution in [2.45, 2.75) is 32.7 Å². The van der Waals surface area contributed by atoms with Gasteiger partial charge in [0.2, 0.25) is 0 Å². The van der Waals surface area contributed by atoms with E-state index in [1.54, 1.807) is 4.90 Å². The lowest BCUT2D eigenvalue weighted by Crippen LogP contribution is -2.50. The van der Waals surface area contributed by atoms with Crippen molar-refractivity contribution in [2.24, 2.45) is 4.99 Å². The Hall–Kier alpha value is -1.96. The molecule has 150 valence electrons. The van der Waals surface area contributed by atoms with E-state index >= 15 is 0 Å². The number of amides is 1. The van der Waals surface area contributed by atoms with Gasteiger partial charge in [-0.3, -0.25) is 0 Å². The summed E-state index contributed by atoms with van der Waals surface area (Å²) in [7, 11) is 0. The molecule has 1 fully saturated rings. The van der Waals surface area contributed by atoms with Crippen LogP contribution in [0.2, 0.25) is 0 Å². The highest BCUT2D eigenvalue weighted by molar-refractivity contribution is 9.10. The smallest absolute Gasteiger partial charge is 0.409 e. The van der Waals surface area contributed by atoms with Crippen LogP contribution < -0.4 is 15.4 Å². The number of ether oxygens (including phenoxy) is 2. The maximum Gasteiger partial charge on any atom is 0.409 e. The molecule has 1 saturated heterocycles. The molecule has 1 aromatic carbocycles. The van der Waals surface area contributed by atoms with Crippen molar-refractivity contribution in [3.8, 4) is 5.75 Å². The van der Waals surface area contributed by atoms with Crippen LogP contribution in [-0.2, 0) is 4.74 Å². The Balaban J connectivity index is 1.75. The summed E-state index contributed by atoms with van der Waals surface area (Å²) >= 11 is 3.41. The van der Waals surface area contributed by atoms with Crippen molar-refractivity contribution in [3.63, 3.8) is 0 Å². The van der Waals surface area contributed by atoms with E-state index in [1.807, 2.05) is 38.1 Å². The van der Waals surface area contributed by atoms with Crippen LogP contribution >= 0.6 is 15.9 Å². The minimum atomic E-state index is -0.221. The molecule has 0 aromatic heterocycles. The Morgan fingerprint density at radius 3 is 2.59 bits per heavy atom. The van der Waals surface area contributed by atoms with E-state index in [4.69, 9.17) is 9.47 Å². The molecule has 0 saturated carbocycles. The Morgan fingerprint density at radius 1 is 1.26 bits per heavy atom. The summed E-state index contributed by atoms with van der Waals surface area (Å²) in [6, 6.07) is 8.05. The molecule has 0 aliphatic carbocycles. The molecule has 1 amide bonds. The molecule has 1 aliphatic heterocycles. The van der Waals surface area contributed by atoms with Gasteiger partial charge >= 0.3 is 6.09 Å². The number of halogens is 1. The first-order valence-electron chi connectivity index (χ1n) is 9.47. The van der Waals surface area contributed by atoms with Gasteiger partial charge in [-0.25, -0.2) is 9.79 Å². The predicted octanol–water partition coefficient (Wildman–Crippen LogP) is 3.00. The molecule has 1 aliphatic rings. The number of hydrogen-bond acceptors (Lipinski definition) is 4. The van der Waals surface area contributed by atoms with E-state index in [0.717, 1.165) is 35.6 Å². The van der Waals surface area contributed by atoms with Gasteiger partial charge in [-0.15, -0.1) is 0 Å². The maximum absolute atomic E-state index is 11.8. The molecule has 8 heteroatoms. The summed E-state index contributed by atoms with van der Waals surface area (Å²) in [6.45, 7) is 7.54. The van der Waals surface area contributed by atoms with Crippen LogP contribution in [0.25, 0.3) is 0 Å². The number of carbonyl (C=O) groups excluding carboxylic acids is 1. The molecule has 1 aromatic rings. The number of carbonyl (C=O) groups is 1. The number of hydrogen-bond donors (Lipinski definition) is 2. The number of nitrogens with zero attached hydrogens (tertiary/aromatic N) is 2. The minimum Gasteiger partial charge on any atom is -0.492 e. The summed E-state index contributed by atoms with van der Waals surface area (Å²) in [6.07, 6.45) is 1.53. The average Bonchev–Trinajstić information content (AvgIpc) is 2.67. The Bertz CT molecular complexity index is 601. The van der Waals surface area contributed by atoms with Gasteiger partial charge in [-0.1, -0.05) is 15.9 Å². The molecular formula is C19H29BrN4O3. The highest BCUT2D eigenvalue weighted by Gasteiger charge is 2.23. The summed E-state index contributed by atoms with van der Waals surface area (Å²) in [5, 5.41) is 6.72. The molecule has 0 unspecified atom stereocenters. The zero-order valence-electron chi connectivity index (χ0n) is 16.0. The standard InChI is InChI=1S/C19H29BrN4O3/c1-3-21-18(22-11-14-27-17-7-5-15(20)6-8-17)23-16-9-12-24(13-10-16)19(25)26-4-2/h5-8,16H,3-4,9-14H2,1-2H3,(H2,21,22,23). The molecule has 0 bridgehead atoms. The van der Waals surface area contributed by atoms with Crippen molar-refractivity contribution in [1.82, 2.24) is 15.5 Å². The number of rotatable bonds is 7. The van der Waals surface area contributed by atoms with Gasteiger partial charge in [0, 0.05) is 30.1 Å². The molecule has 7 nitrogen and oxygen atoms in total. The number of likely N-dealkylation sites (tertiary alicyclic amines) is 1. The van der Waals surface area contributed by atoms with Gasteiger partial charge in [0.15, 0.2) is 5.96 Å². The fraction of sp³-hybridized carbons (Fsp3) is 0.579. The Labute approximate surface area is 169 Å². The van der Waals surface area contributed by atoms with Crippen molar-refractivity contribution in [1.29, 1.82) is 0 Å². The highest BCUT2D eigenvalue weighted by atomic mass is 79.9. The van der Waals surface area contributed by atoms with Crippen LogP contribution in [0.15, 0.2) is 33.7 Å². The van der Waals surface area contributed by atoms with Gasteiger partial charge in [-0.2, -0.15) is 0 Å². The third-order valence-corrected chi connectivity index (χ3v) is 4.68. The number of benzene rings is 1. The fourth-order valence-electron chi connectivity index (χ4n) is 2.79. The van der Waals surface area contributed by atoms with E-state index in [2.05, 4.69) is 31.6 Å². The van der Waals surface area contributed by atoms with E-state index in [9.17, 15) is 4.79 Å². The third-order valence-electron chi connectivity index (χ3n) is 4.15. The van der Waals surface area contributed by atoms with Gasteiger partial charge in [0.05, 0.1) is 13.2 Å². The van der Waals surface area contributed by atoms with E-state index in [1.165, 1.54) is 0 Å². The molecule has 27 heavy (non-hydrogen) atoms. The van der Waals surface area contributed by atoms with Crippen LogP contribution in [-0.4, -0.2) is 62.4 Å². The van der Waals surface area contributed by atoms with Gasteiger partial charge in [-0.05, 0) is 51.0 Å². The second-order valence-electron chi connectivity index (χ2n) is 6.17. The third kappa shape index (κ3) is 7.66. The average molecular weight is 441 g/mol. The normalized spacial score (nSPS) is 15.4. The van der Waals surface area contributed by atoms with Crippen LogP contribution in [0.4, 0.5) is 4.79 Å². The van der Waals surface area contributed by atoms with Crippen LogP contribution in [0.5, 0.6) is 5.75 Å². The monoisotopic (exact) mass is 440 g/mol. The lowest BCUT2D eigenvalue weighted by atomic mass is 10.1. The first kappa shape index (κ1) is 21.3. The minimum absolute atomic E-state index is 0.221. The van der Waals surface area contributed by atoms with Crippen LogP contribution in [0, 0.1) is 0 Å². The summed E-state index contributed by atoms with van der Waals surface area (Å²) < 4.78 is 11.8. The van der Waals surface area contributed by atoms with E-state index < -0.39 is 0 Å². The zero-order chi connectivity index (χ0) is 19.5. The van der Waals surface area contributed by atoms with Gasteiger partial charge in [0.1, 0.15) is 12.4 Å². The van der Waals surface area contributed by atoms with Crippen molar-refractivity contribution < 1.29 is 14.3 Å². The molecule has 1 heterocycles. The molecule has 0 atom stereocenters. The maximum atomic E-state index is 11.8. The zero-order valence-corrected chi connectivity index (χ0v) is 17.6. The van der Waals surface area contributed by atoms with Gasteiger partial charge < -0.3 is 25.0 Å². The second-order valence-corrected chi connectivity index (χ2v) is 7.08. The van der Waals surface area contributed by atoms with Gasteiger partial charge in [0.25, 0.3) is 0 Å². The second kappa shape index (κ2) is 11.7. The SMILES string of the molecule is CCNC(=NCCOc1ccc(Br)cc1)NC1CCN(C(=O)OCC)CC1. The summed E-state index contributed by atoms with van der Waals surface area (Å²) in [5.74, 6) is 1.61. The fourth-order valence-corrected chi connectivity index (χ4v) is 3.05. The quantitative estimate of drug-likeness (QED) is 0.387. The van der Waals surface area contributed by atoms with Crippen LogP contribution in [0.1, 0.15) is 26.7 Å². The Morgan fingerprint density at radius 2 is 1.96 bits per heavy atom. The number of nitrogens with one attached hydrogen (secondary N) is 2. The summed E-state index contributed by atoms with van der Waals surface area (Å²) in [5.41, 5.74) is 0. The first-order valence-corrected chi connectivity index (χ1v) is 10.3. The molecule has 2 N–H and O–H groups in total. The van der Waals surface area contributed by atoms with E-state index in [-0.39, 0.29) is 6.09 Å². The molecule has 2 rings (SSSR count).